The molecule has 0 radical (unpaired) electrons. The van der Waals surface area contributed by atoms with E-state index < -0.39 is 0 Å². The SMILES string of the molecule is Nc1ccccc1CCC(=O)N1CCOC2CCCC21. The molecule has 0 bridgehead atoms. The highest BCUT2D eigenvalue weighted by atomic mass is 16.5. The number of nitrogen functional groups attached to an aromatic ring is 1. The molecule has 1 saturated heterocycles. The molecule has 2 aliphatic rings. The Kier molecular flexibility index (Phi) is 3.92. The third-order valence-electron chi connectivity index (χ3n) is 4.47. The number of nitrogens with two attached hydrogens (primary N) is 1. The average Bonchev–Trinajstić information content (AvgIpc) is 2.94. The van der Waals surface area contributed by atoms with Crippen LogP contribution < -0.4 is 5.73 Å². The lowest BCUT2D eigenvalue weighted by atomic mass is 10.1. The van der Waals surface area contributed by atoms with E-state index >= 15 is 0 Å². The van der Waals surface area contributed by atoms with Gasteiger partial charge in [-0.05, 0) is 37.3 Å². The number of ether oxygens (including phenoxy) is 1. The predicted octanol–water partition coefficient (Wildman–Crippen LogP) is 1.98. The first-order chi connectivity index (χ1) is 9.75. The first kappa shape index (κ1) is 13.4. The molecule has 20 heavy (non-hydrogen) atoms. The first-order valence-electron chi connectivity index (χ1n) is 7.50. The van der Waals surface area contributed by atoms with E-state index in [0.29, 0.717) is 19.1 Å². The molecule has 0 aromatic heterocycles. The number of morpholine rings is 1. The Morgan fingerprint density at radius 2 is 2.20 bits per heavy atom. The van der Waals surface area contributed by atoms with Crippen LogP contribution in [0.25, 0.3) is 0 Å². The van der Waals surface area contributed by atoms with Gasteiger partial charge in [-0.2, -0.15) is 0 Å². The lowest BCUT2D eigenvalue weighted by Gasteiger charge is -2.37. The summed E-state index contributed by atoms with van der Waals surface area (Å²) < 4.78 is 5.75. The number of fused-ring (bicyclic) bond motifs is 1. The molecule has 4 heteroatoms. The number of carbonyl (C=O) groups excluding carboxylic acids is 1. The molecule has 2 N–H and O–H groups in total. The molecule has 1 aromatic carbocycles. The minimum atomic E-state index is 0.244. The van der Waals surface area contributed by atoms with Gasteiger partial charge in [0.25, 0.3) is 0 Å². The summed E-state index contributed by atoms with van der Waals surface area (Å²) in [5.74, 6) is 0.244. The molecule has 0 spiro atoms. The summed E-state index contributed by atoms with van der Waals surface area (Å²) in [6.07, 6.45) is 4.89. The van der Waals surface area contributed by atoms with Crippen LogP contribution in [0, 0.1) is 0 Å². The zero-order chi connectivity index (χ0) is 13.9. The summed E-state index contributed by atoms with van der Waals surface area (Å²) in [5.41, 5.74) is 7.77. The summed E-state index contributed by atoms with van der Waals surface area (Å²) in [6, 6.07) is 8.09. The third kappa shape index (κ3) is 2.66. The Hall–Kier alpha value is -1.55. The summed E-state index contributed by atoms with van der Waals surface area (Å²) >= 11 is 0. The van der Waals surface area contributed by atoms with Gasteiger partial charge in [0, 0.05) is 18.7 Å². The zero-order valence-corrected chi connectivity index (χ0v) is 11.8. The lowest BCUT2D eigenvalue weighted by molar-refractivity contribution is -0.143. The lowest BCUT2D eigenvalue weighted by Crippen LogP contribution is -2.51. The highest BCUT2D eigenvalue weighted by molar-refractivity contribution is 5.77. The van der Waals surface area contributed by atoms with Crippen LogP contribution in [0.1, 0.15) is 31.2 Å². The van der Waals surface area contributed by atoms with Crippen LogP contribution >= 0.6 is 0 Å². The molecule has 1 heterocycles. The van der Waals surface area contributed by atoms with Gasteiger partial charge in [-0.3, -0.25) is 4.79 Å². The second-order valence-corrected chi connectivity index (χ2v) is 5.69. The van der Waals surface area contributed by atoms with E-state index in [-0.39, 0.29) is 12.0 Å². The normalized spacial score (nSPS) is 25.5. The van der Waals surface area contributed by atoms with Crippen molar-refractivity contribution in [1.29, 1.82) is 0 Å². The Balaban J connectivity index is 1.60. The van der Waals surface area contributed by atoms with Crippen molar-refractivity contribution in [1.82, 2.24) is 4.90 Å². The number of carbonyl (C=O) groups is 1. The Bertz CT molecular complexity index is 489. The number of rotatable bonds is 3. The van der Waals surface area contributed by atoms with E-state index in [4.69, 9.17) is 10.5 Å². The smallest absolute Gasteiger partial charge is 0.223 e. The molecule has 1 aliphatic carbocycles. The molecule has 108 valence electrons. The highest BCUT2D eigenvalue weighted by Crippen LogP contribution is 2.30. The molecular formula is C16H22N2O2. The molecule has 1 saturated carbocycles. The van der Waals surface area contributed by atoms with Crippen molar-refractivity contribution in [2.24, 2.45) is 0 Å². The number of benzene rings is 1. The molecule has 1 amide bonds. The van der Waals surface area contributed by atoms with Gasteiger partial charge in [0.05, 0.1) is 18.8 Å². The molecule has 1 aliphatic heterocycles. The second-order valence-electron chi connectivity index (χ2n) is 5.69. The molecule has 4 nitrogen and oxygen atoms in total. The molecule has 2 unspecified atom stereocenters. The fourth-order valence-electron chi connectivity index (χ4n) is 3.38. The topological polar surface area (TPSA) is 55.6 Å². The fourth-order valence-corrected chi connectivity index (χ4v) is 3.38. The largest absolute Gasteiger partial charge is 0.399 e. The zero-order valence-electron chi connectivity index (χ0n) is 11.8. The van der Waals surface area contributed by atoms with E-state index in [9.17, 15) is 4.79 Å². The molecule has 2 atom stereocenters. The first-order valence-corrected chi connectivity index (χ1v) is 7.50. The van der Waals surface area contributed by atoms with Gasteiger partial charge >= 0.3 is 0 Å². The molecule has 3 rings (SSSR count). The maximum absolute atomic E-state index is 12.5. The maximum Gasteiger partial charge on any atom is 0.223 e. The third-order valence-corrected chi connectivity index (χ3v) is 4.47. The van der Waals surface area contributed by atoms with Crippen LogP contribution in [-0.2, 0) is 16.0 Å². The number of hydrogen-bond donors (Lipinski definition) is 1. The summed E-state index contributed by atoms with van der Waals surface area (Å²) in [5, 5.41) is 0. The minimum Gasteiger partial charge on any atom is -0.399 e. The molecule has 2 fully saturated rings. The monoisotopic (exact) mass is 274 g/mol. The number of para-hydroxylation sites is 1. The van der Waals surface area contributed by atoms with Crippen LogP contribution in [0.15, 0.2) is 24.3 Å². The molecule has 1 aromatic rings. The second kappa shape index (κ2) is 5.83. The fraction of sp³-hybridized carbons (Fsp3) is 0.562. The van der Waals surface area contributed by atoms with Gasteiger partial charge < -0.3 is 15.4 Å². The summed E-state index contributed by atoms with van der Waals surface area (Å²) in [7, 11) is 0. The van der Waals surface area contributed by atoms with Crippen molar-refractivity contribution >= 4 is 11.6 Å². The van der Waals surface area contributed by atoms with Gasteiger partial charge in [-0.25, -0.2) is 0 Å². The number of amides is 1. The van der Waals surface area contributed by atoms with E-state index in [2.05, 4.69) is 0 Å². The van der Waals surface area contributed by atoms with Crippen LogP contribution in [0.4, 0.5) is 5.69 Å². The minimum absolute atomic E-state index is 0.244. The van der Waals surface area contributed by atoms with E-state index in [1.54, 1.807) is 0 Å². The van der Waals surface area contributed by atoms with Crippen molar-refractivity contribution < 1.29 is 9.53 Å². The van der Waals surface area contributed by atoms with Crippen LogP contribution in [-0.4, -0.2) is 36.1 Å². The van der Waals surface area contributed by atoms with Crippen molar-refractivity contribution in [3.8, 4) is 0 Å². The van der Waals surface area contributed by atoms with Crippen molar-refractivity contribution in [2.45, 2.75) is 44.2 Å². The molecular weight excluding hydrogens is 252 g/mol. The quantitative estimate of drug-likeness (QED) is 0.858. The van der Waals surface area contributed by atoms with Crippen molar-refractivity contribution in [3.05, 3.63) is 29.8 Å². The van der Waals surface area contributed by atoms with Gasteiger partial charge in [0.2, 0.25) is 5.91 Å². The van der Waals surface area contributed by atoms with Gasteiger partial charge in [0.1, 0.15) is 0 Å². The van der Waals surface area contributed by atoms with Crippen LogP contribution in [0.2, 0.25) is 0 Å². The maximum atomic E-state index is 12.5. The number of hydrogen-bond acceptors (Lipinski definition) is 3. The van der Waals surface area contributed by atoms with Gasteiger partial charge in [0.15, 0.2) is 0 Å². The standard InChI is InChI=1S/C16H22N2O2/c17-13-5-2-1-4-12(13)8-9-16(19)18-10-11-20-15-7-3-6-14(15)18/h1-2,4-5,14-15H,3,6-11,17H2. The average molecular weight is 274 g/mol. The van der Waals surface area contributed by atoms with Gasteiger partial charge in [-0.1, -0.05) is 18.2 Å². The summed E-state index contributed by atoms with van der Waals surface area (Å²) in [4.78, 5) is 14.5. The Morgan fingerprint density at radius 1 is 1.35 bits per heavy atom. The number of nitrogens with zero attached hydrogens (tertiary/aromatic N) is 1. The highest BCUT2D eigenvalue weighted by Gasteiger charge is 2.37. The van der Waals surface area contributed by atoms with Crippen molar-refractivity contribution in [2.75, 3.05) is 18.9 Å². The van der Waals surface area contributed by atoms with Crippen LogP contribution in [0.5, 0.6) is 0 Å². The van der Waals surface area contributed by atoms with E-state index in [1.165, 1.54) is 6.42 Å². The Labute approximate surface area is 119 Å². The van der Waals surface area contributed by atoms with Crippen molar-refractivity contribution in [3.63, 3.8) is 0 Å². The number of anilines is 1. The van der Waals surface area contributed by atoms with E-state index in [1.807, 2.05) is 29.2 Å². The Morgan fingerprint density at radius 3 is 3.05 bits per heavy atom. The van der Waals surface area contributed by atoms with Gasteiger partial charge in [-0.15, -0.1) is 0 Å². The predicted molar refractivity (Wildman–Crippen MR) is 78.3 cm³/mol. The number of aryl methyl sites for hydroxylation is 1. The van der Waals surface area contributed by atoms with E-state index in [0.717, 1.165) is 37.1 Å². The van der Waals surface area contributed by atoms with Crippen LogP contribution in [0.3, 0.4) is 0 Å². The summed E-state index contributed by atoms with van der Waals surface area (Å²) in [6.45, 7) is 1.42.